The van der Waals surface area contributed by atoms with Crippen LogP contribution in [0.3, 0.4) is 0 Å². The van der Waals surface area contributed by atoms with Crippen LogP contribution < -0.4 is 14.2 Å². The molecule has 0 spiro atoms. The highest BCUT2D eigenvalue weighted by Crippen LogP contribution is 2.37. The highest BCUT2D eigenvalue weighted by Gasteiger charge is 2.11. The molecule has 0 radical (unpaired) electrons. The maximum Gasteiger partial charge on any atom is 0.159 e. The predicted molar refractivity (Wildman–Crippen MR) is 109 cm³/mol. The maximum atomic E-state index is 11.2. The van der Waals surface area contributed by atoms with Crippen LogP contribution in [-0.2, 0) is 0 Å². The lowest BCUT2D eigenvalue weighted by atomic mass is 10.1. The van der Waals surface area contributed by atoms with E-state index in [1.807, 2.05) is 0 Å². The van der Waals surface area contributed by atoms with E-state index in [2.05, 4.69) is 0 Å². The molecule has 4 nitrogen and oxygen atoms in total. The topological polar surface area (TPSA) is 44.8 Å². The van der Waals surface area contributed by atoms with E-state index in [0.717, 1.165) is 0 Å². The van der Waals surface area contributed by atoms with Crippen LogP contribution in [-0.4, -0.2) is 25.6 Å². The van der Waals surface area contributed by atoms with Gasteiger partial charge in [-0.3, -0.25) is 4.79 Å². The highest BCUT2D eigenvalue weighted by atomic mass is 35.5. The Morgan fingerprint density at radius 2 is 1.52 bits per heavy atom. The summed E-state index contributed by atoms with van der Waals surface area (Å²) >= 11 is 23.4. The third kappa shape index (κ3) is 7.15. The zero-order chi connectivity index (χ0) is 19.8. The average Bonchev–Trinajstić information content (AvgIpc) is 2.60. The van der Waals surface area contributed by atoms with Crippen LogP contribution >= 0.6 is 46.4 Å². The second-order valence-electron chi connectivity index (χ2n) is 5.30. The largest absolute Gasteiger partial charge is 0.490 e. The smallest absolute Gasteiger partial charge is 0.159 e. The van der Waals surface area contributed by atoms with Crippen molar-refractivity contribution in [3.8, 4) is 17.2 Å². The normalized spacial score (nSPS) is 10.3. The lowest BCUT2D eigenvalue weighted by Gasteiger charge is -2.13. The van der Waals surface area contributed by atoms with Crippen molar-refractivity contribution in [1.82, 2.24) is 0 Å². The monoisotopic (exact) mass is 448 g/mol. The SMILES string of the molecule is CC(=O)c1ccc(OCCOc2c(Cl)cc(OCC=C(Cl)Cl)cc2Cl)cc1. The van der Waals surface area contributed by atoms with Gasteiger partial charge in [-0.25, -0.2) is 0 Å². The first-order valence-corrected chi connectivity index (χ1v) is 9.37. The molecule has 0 fully saturated rings. The number of ketones is 1. The Morgan fingerprint density at radius 1 is 0.926 bits per heavy atom. The summed E-state index contributed by atoms with van der Waals surface area (Å²) in [6.45, 7) is 2.21. The number of Topliss-reactive ketones (excluding diaryl/α,β-unsaturated/α-hetero) is 1. The van der Waals surface area contributed by atoms with Crippen molar-refractivity contribution in [3.05, 3.63) is 62.6 Å². The van der Waals surface area contributed by atoms with Gasteiger partial charge in [0.1, 0.15) is 35.8 Å². The van der Waals surface area contributed by atoms with E-state index < -0.39 is 0 Å². The summed E-state index contributed by atoms with van der Waals surface area (Å²) in [7, 11) is 0. The van der Waals surface area contributed by atoms with E-state index in [9.17, 15) is 4.79 Å². The Kier molecular flexibility index (Phi) is 8.58. The lowest BCUT2D eigenvalue weighted by Crippen LogP contribution is -2.09. The van der Waals surface area contributed by atoms with Crippen molar-refractivity contribution in [2.24, 2.45) is 0 Å². The minimum atomic E-state index is 0.00312. The zero-order valence-electron chi connectivity index (χ0n) is 14.3. The van der Waals surface area contributed by atoms with Gasteiger partial charge in [0.25, 0.3) is 0 Å². The predicted octanol–water partition coefficient (Wildman–Crippen LogP) is 6.35. The number of hydrogen-bond acceptors (Lipinski definition) is 4. The molecule has 27 heavy (non-hydrogen) atoms. The molecule has 0 aliphatic heterocycles. The second-order valence-corrected chi connectivity index (χ2v) is 7.12. The van der Waals surface area contributed by atoms with Crippen molar-refractivity contribution in [2.75, 3.05) is 19.8 Å². The van der Waals surface area contributed by atoms with E-state index in [4.69, 9.17) is 60.6 Å². The molecule has 2 rings (SSSR count). The number of carbonyl (C=O) groups is 1. The quantitative estimate of drug-likeness (QED) is 0.330. The highest BCUT2D eigenvalue weighted by molar-refractivity contribution is 6.55. The Bertz CT molecular complexity index is 792. The fraction of sp³-hybridized carbons (Fsp3) is 0.211. The molecule has 0 saturated carbocycles. The standard InChI is InChI=1S/C19H16Cl4O4/c1-12(24)13-2-4-14(5-3-13)26-8-9-27-19-16(20)10-15(11-17(19)21)25-7-6-18(22)23/h2-6,10-11H,7-9H2,1H3. The molecule has 8 heteroatoms. The Morgan fingerprint density at radius 3 is 2.07 bits per heavy atom. The summed E-state index contributed by atoms with van der Waals surface area (Å²) in [6, 6.07) is 10.0. The number of hydrogen-bond donors (Lipinski definition) is 0. The van der Waals surface area contributed by atoms with Gasteiger partial charge in [-0.1, -0.05) is 46.4 Å². The molecule has 2 aromatic rings. The van der Waals surface area contributed by atoms with Gasteiger partial charge in [-0.2, -0.15) is 0 Å². The molecule has 0 N–H and O–H groups in total. The second kappa shape index (κ2) is 10.7. The fourth-order valence-electron chi connectivity index (χ4n) is 2.05. The van der Waals surface area contributed by atoms with Gasteiger partial charge in [-0.05, 0) is 37.3 Å². The van der Waals surface area contributed by atoms with E-state index in [-0.39, 0.29) is 30.1 Å². The van der Waals surface area contributed by atoms with Gasteiger partial charge in [-0.15, -0.1) is 0 Å². The summed E-state index contributed by atoms with van der Waals surface area (Å²) in [5.74, 6) is 1.44. The average molecular weight is 450 g/mol. The molecule has 0 saturated heterocycles. The van der Waals surface area contributed by atoms with Crippen LogP contribution in [0.5, 0.6) is 17.2 Å². The van der Waals surface area contributed by atoms with Gasteiger partial charge in [0.2, 0.25) is 0 Å². The molecule has 0 atom stereocenters. The van der Waals surface area contributed by atoms with E-state index in [0.29, 0.717) is 32.9 Å². The van der Waals surface area contributed by atoms with Crippen molar-refractivity contribution in [3.63, 3.8) is 0 Å². The van der Waals surface area contributed by atoms with Gasteiger partial charge in [0.05, 0.1) is 10.0 Å². The number of ether oxygens (including phenoxy) is 3. The van der Waals surface area contributed by atoms with Crippen molar-refractivity contribution >= 4 is 52.2 Å². The summed E-state index contributed by atoms with van der Waals surface area (Å²) in [4.78, 5) is 11.2. The van der Waals surface area contributed by atoms with E-state index >= 15 is 0 Å². The molecule has 2 aromatic carbocycles. The van der Waals surface area contributed by atoms with E-state index in [1.54, 1.807) is 36.4 Å². The molecule has 0 heterocycles. The minimum Gasteiger partial charge on any atom is -0.490 e. The first-order chi connectivity index (χ1) is 12.9. The van der Waals surface area contributed by atoms with Crippen LogP contribution in [0.25, 0.3) is 0 Å². The first kappa shape index (κ1) is 21.7. The molecule has 0 aromatic heterocycles. The summed E-state index contributed by atoms with van der Waals surface area (Å²) in [5, 5.41) is 0.619. The van der Waals surface area contributed by atoms with Gasteiger partial charge < -0.3 is 14.2 Å². The molecule has 0 amide bonds. The number of halogens is 4. The first-order valence-electron chi connectivity index (χ1n) is 7.86. The Hall–Kier alpha value is -1.59. The fourth-order valence-corrected chi connectivity index (χ4v) is 2.75. The summed E-state index contributed by atoms with van der Waals surface area (Å²) < 4.78 is 16.7. The number of benzene rings is 2. The number of rotatable bonds is 9. The molecule has 0 unspecified atom stereocenters. The summed E-state index contributed by atoms with van der Waals surface area (Å²) in [6.07, 6.45) is 1.50. The maximum absolute atomic E-state index is 11.2. The molecule has 144 valence electrons. The van der Waals surface area contributed by atoms with E-state index in [1.165, 1.54) is 13.0 Å². The molecule has 0 aliphatic carbocycles. The number of carbonyl (C=O) groups excluding carboxylic acids is 1. The Balaban J connectivity index is 1.86. The van der Waals surface area contributed by atoms with Crippen LogP contribution in [0.15, 0.2) is 47.0 Å². The molecular weight excluding hydrogens is 434 g/mol. The van der Waals surface area contributed by atoms with Crippen molar-refractivity contribution in [1.29, 1.82) is 0 Å². The van der Waals surface area contributed by atoms with Crippen LogP contribution in [0.4, 0.5) is 0 Å². The van der Waals surface area contributed by atoms with Gasteiger partial charge in [0.15, 0.2) is 11.5 Å². The Labute approximate surface area is 177 Å². The zero-order valence-corrected chi connectivity index (χ0v) is 17.3. The minimum absolute atomic E-state index is 0.00312. The third-order valence-electron chi connectivity index (χ3n) is 3.32. The van der Waals surface area contributed by atoms with Crippen LogP contribution in [0.2, 0.25) is 10.0 Å². The lowest BCUT2D eigenvalue weighted by molar-refractivity contribution is 0.101. The van der Waals surface area contributed by atoms with Gasteiger partial charge in [0, 0.05) is 17.7 Å². The van der Waals surface area contributed by atoms with Crippen LogP contribution in [0, 0.1) is 0 Å². The van der Waals surface area contributed by atoms with Crippen LogP contribution in [0.1, 0.15) is 17.3 Å². The van der Waals surface area contributed by atoms with Crippen molar-refractivity contribution < 1.29 is 19.0 Å². The molecule has 0 bridgehead atoms. The molecular formula is C19H16Cl4O4. The summed E-state index contributed by atoms with van der Waals surface area (Å²) in [5.41, 5.74) is 0.628. The van der Waals surface area contributed by atoms with Crippen molar-refractivity contribution in [2.45, 2.75) is 6.92 Å². The van der Waals surface area contributed by atoms with Gasteiger partial charge >= 0.3 is 0 Å². The third-order valence-corrected chi connectivity index (χ3v) is 4.19. The molecule has 0 aliphatic rings.